The first-order chi connectivity index (χ1) is 12.6. The van der Waals surface area contributed by atoms with Gasteiger partial charge in [-0.25, -0.2) is 4.79 Å². The Morgan fingerprint density at radius 2 is 1.69 bits per heavy atom. The highest BCUT2D eigenvalue weighted by atomic mass is 16.5. The lowest BCUT2D eigenvalue weighted by Gasteiger charge is -2.23. The number of hydrogen-bond acceptors (Lipinski definition) is 5. The molecule has 6 nitrogen and oxygen atoms in total. The van der Waals surface area contributed by atoms with Gasteiger partial charge in [0.15, 0.2) is 0 Å². The molecule has 0 N–H and O–H groups in total. The normalized spacial score (nSPS) is 19.1. The van der Waals surface area contributed by atoms with Crippen molar-refractivity contribution in [3.8, 4) is 11.5 Å². The molecule has 0 aliphatic carbocycles. The molecule has 136 valence electrons. The van der Waals surface area contributed by atoms with E-state index in [4.69, 9.17) is 14.2 Å². The molecule has 6 heteroatoms. The third kappa shape index (κ3) is 3.64. The summed E-state index contributed by atoms with van der Waals surface area (Å²) in [6.07, 6.45) is 0.0859. The molecular weight excluding hydrogens is 334 g/mol. The predicted molar refractivity (Wildman–Crippen MR) is 95.3 cm³/mol. The van der Waals surface area contributed by atoms with Crippen LogP contribution in [0.4, 0.5) is 0 Å². The van der Waals surface area contributed by atoms with E-state index in [0.29, 0.717) is 30.0 Å². The van der Waals surface area contributed by atoms with Crippen molar-refractivity contribution in [1.29, 1.82) is 0 Å². The highest BCUT2D eigenvalue weighted by Gasteiger charge is 2.42. The van der Waals surface area contributed by atoms with Crippen LogP contribution in [0, 0.1) is 0 Å². The summed E-state index contributed by atoms with van der Waals surface area (Å²) >= 11 is 0. The van der Waals surface area contributed by atoms with Crippen molar-refractivity contribution in [1.82, 2.24) is 4.90 Å². The first-order valence-electron chi connectivity index (χ1n) is 8.37. The summed E-state index contributed by atoms with van der Waals surface area (Å²) < 4.78 is 16.1. The SMILES string of the molecule is COC(=O)[C@@H]1C[C@@H](Oc2ccccc2)CN1C(=O)c1ccccc1OC. The van der Waals surface area contributed by atoms with E-state index in [2.05, 4.69) is 0 Å². The molecule has 2 atom stereocenters. The summed E-state index contributed by atoms with van der Waals surface area (Å²) in [4.78, 5) is 26.7. The number of nitrogens with zero attached hydrogens (tertiary/aromatic N) is 1. The third-order valence-electron chi connectivity index (χ3n) is 4.38. The molecule has 0 saturated carbocycles. The lowest BCUT2D eigenvalue weighted by molar-refractivity contribution is -0.145. The molecule has 0 spiro atoms. The Morgan fingerprint density at radius 1 is 1.00 bits per heavy atom. The van der Waals surface area contributed by atoms with Gasteiger partial charge in [0.1, 0.15) is 23.6 Å². The van der Waals surface area contributed by atoms with Gasteiger partial charge in [0.25, 0.3) is 5.91 Å². The van der Waals surface area contributed by atoms with E-state index in [1.807, 2.05) is 30.3 Å². The maximum atomic E-state index is 13.0. The second kappa shape index (κ2) is 7.91. The van der Waals surface area contributed by atoms with Gasteiger partial charge in [-0.05, 0) is 24.3 Å². The van der Waals surface area contributed by atoms with Crippen LogP contribution in [0.5, 0.6) is 11.5 Å². The second-order valence-corrected chi connectivity index (χ2v) is 5.99. The fourth-order valence-corrected chi connectivity index (χ4v) is 3.13. The van der Waals surface area contributed by atoms with Crippen molar-refractivity contribution in [3.63, 3.8) is 0 Å². The average Bonchev–Trinajstić information content (AvgIpc) is 3.11. The Balaban J connectivity index is 1.83. The van der Waals surface area contributed by atoms with E-state index < -0.39 is 12.0 Å². The summed E-state index contributed by atoms with van der Waals surface area (Å²) in [5, 5.41) is 0. The average molecular weight is 355 g/mol. The molecule has 0 unspecified atom stereocenters. The first-order valence-corrected chi connectivity index (χ1v) is 8.37. The molecule has 0 aromatic heterocycles. The maximum Gasteiger partial charge on any atom is 0.328 e. The van der Waals surface area contributed by atoms with Gasteiger partial charge in [0.05, 0.1) is 26.3 Å². The van der Waals surface area contributed by atoms with Crippen LogP contribution >= 0.6 is 0 Å². The van der Waals surface area contributed by atoms with E-state index in [0.717, 1.165) is 0 Å². The van der Waals surface area contributed by atoms with Gasteiger partial charge in [0, 0.05) is 6.42 Å². The molecule has 2 aromatic rings. The molecule has 1 saturated heterocycles. The van der Waals surface area contributed by atoms with Crippen molar-refractivity contribution in [2.24, 2.45) is 0 Å². The van der Waals surface area contributed by atoms with E-state index in [1.165, 1.54) is 19.1 Å². The fourth-order valence-electron chi connectivity index (χ4n) is 3.13. The molecule has 1 fully saturated rings. The molecule has 26 heavy (non-hydrogen) atoms. The van der Waals surface area contributed by atoms with Crippen LogP contribution in [-0.2, 0) is 9.53 Å². The Bertz CT molecular complexity index is 777. The van der Waals surface area contributed by atoms with Crippen LogP contribution in [0.3, 0.4) is 0 Å². The lowest BCUT2D eigenvalue weighted by Crippen LogP contribution is -2.41. The number of para-hydroxylation sites is 2. The summed E-state index contributed by atoms with van der Waals surface area (Å²) in [5.74, 6) is 0.436. The number of amides is 1. The van der Waals surface area contributed by atoms with E-state index in [1.54, 1.807) is 24.3 Å². The minimum absolute atomic E-state index is 0.281. The number of likely N-dealkylation sites (tertiary alicyclic amines) is 1. The molecule has 0 bridgehead atoms. The fraction of sp³-hybridized carbons (Fsp3) is 0.300. The number of carbonyl (C=O) groups excluding carboxylic acids is 2. The largest absolute Gasteiger partial charge is 0.496 e. The van der Waals surface area contributed by atoms with Crippen molar-refractivity contribution < 1.29 is 23.8 Å². The van der Waals surface area contributed by atoms with Crippen molar-refractivity contribution in [3.05, 3.63) is 60.2 Å². The summed E-state index contributed by atoms with van der Waals surface area (Å²) in [6, 6.07) is 15.6. The van der Waals surface area contributed by atoms with Crippen LogP contribution in [0.15, 0.2) is 54.6 Å². The molecule has 1 aliphatic heterocycles. The Labute approximate surface area is 152 Å². The number of rotatable bonds is 5. The topological polar surface area (TPSA) is 65.1 Å². The van der Waals surface area contributed by atoms with Gasteiger partial charge >= 0.3 is 5.97 Å². The van der Waals surface area contributed by atoms with Gasteiger partial charge < -0.3 is 19.1 Å². The second-order valence-electron chi connectivity index (χ2n) is 5.99. The Morgan fingerprint density at radius 3 is 2.38 bits per heavy atom. The Hall–Kier alpha value is -3.02. The summed E-state index contributed by atoms with van der Waals surface area (Å²) in [6.45, 7) is 0.297. The highest BCUT2D eigenvalue weighted by Crippen LogP contribution is 2.28. The number of ether oxygens (including phenoxy) is 3. The van der Waals surface area contributed by atoms with Gasteiger partial charge in [-0.1, -0.05) is 30.3 Å². The van der Waals surface area contributed by atoms with Crippen LogP contribution < -0.4 is 9.47 Å². The highest BCUT2D eigenvalue weighted by molar-refractivity contribution is 5.99. The number of methoxy groups -OCH3 is 2. The zero-order valence-corrected chi connectivity index (χ0v) is 14.8. The number of esters is 1. The van der Waals surface area contributed by atoms with Crippen molar-refractivity contribution >= 4 is 11.9 Å². The van der Waals surface area contributed by atoms with Gasteiger partial charge in [-0.3, -0.25) is 4.79 Å². The predicted octanol–water partition coefficient (Wildman–Crippen LogP) is 2.53. The standard InChI is InChI=1S/C20H21NO5/c1-24-18-11-7-6-10-16(18)19(22)21-13-15(12-17(21)20(23)25-2)26-14-8-4-3-5-9-14/h3-11,15,17H,12-13H2,1-2H3/t15-,17+/m1/s1. The van der Waals surface area contributed by atoms with Crippen LogP contribution in [0.2, 0.25) is 0 Å². The van der Waals surface area contributed by atoms with E-state index in [-0.39, 0.29) is 12.0 Å². The Kier molecular flexibility index (Phi) is 5.41. The molecule has 0 radical (unpaired) electrons. The van der Waals surface area contributed by atoms with Crippen molar-refractivity contribution in [2.75, 3.05) is 20.8 Å². The number of carbonyl (C=O) groups is 2. The number of benzene rings is 2. The molecule has 1 aliphatic rings. The molecule has 1 amide bonds. The van der Waals surface area contributed by atoms with Crippen LogP contribution in [0.1, 0.15) is 16.8 Å². The zero-order chi connectivity index (χ0) is 18.5. The monoisotopic (exact) mass is 355 g/mol. The first kappa shape index (κ1) is 17.8. The smallest absolute Gasteiger partial charge is 0.328 e. The lowest BCUT2D eigenvalue weighted by atomic mass is 10.1. The van der Waals surface area contributed by atoms with E-state index in [9.17, 15) is 9.59 Å². The van der Waals surface area contributed by atoms with Crippen LogP contribution in [0.25, 0.3) is 0 Å². The van der Waals surface area contributed by atoms with Gasteiger partial charge in [-0.15, -0.1) is 0 Å². The summed E-state index contributed by atoms with van der Waals surface area (Å²) in [7, 11) is 2.83. The van der Waals surface area contributed by atoms with Crippen molar-refractivity contribution in [2.45, 2.75) is 18.6 Å². The van der Waals surface area contributed by atoms with Gasteiger partial charge in [0.2, 0.25) is 0 Å². The molecule has 3 rings (SSSR count). The minimum atomic E-state index is -0.689. The zero-order valence-electron chi connectivity index (χ0n) is 14.8. The summed E-state index contributed by atoms with van der Waals surface area (Å²) in [5.41, 5.74) is 0.407. The molecule has 1 heterocycles. The molecule has 2 aromatic carbocycles. The maximum absolute atomic E-state index is 13.0. The third-order valence-corrected chi connectivity index (χ3v) is 4.38. The quantitative estimate of drug-likeness (QED) is 0.771. The number of hydrogen-bond donors (Lipinski definition) is 0. The van der Waals surface area contributed by atoms with Crippen LogP contribution in [-0.4, -0.2) is 49.7 Å². The molecular formula is C20H21NO5. The minimum Gasteiger partial charge on any atom is -0.496 e. The van der Waals surface area contributed by atoms with Gasteiger partial charge in [-0.2, -0.15) is 0 Å². The van der Waals surface area contributed by atoms with E-state index >= 15 is 0 Å².